The van der Waals surface area contributed by atoms with Crippen LogP contribution in [0, 0.1) is 0 Å². The van der Waals surface area contributed by atoms with Gasteiger partial charge >= 0.3 is 6.09 Å². The number of rotatable bonds is 0. The minimum atomic E-state index is -0.783. The molecule has 0 radical (unpaired) electrons. The van der Waals surface area contributed by atoms with E-state index in [2.05, 4.69) is 22.6 Å². The number of hydrogen-bond donors (Lipinski definition) is 1. The number of carbonyl (C=O) groups is 1. The number of halogens is 1. The topological polar surface area (TPSA) is 40.5 Å². The normalized spacial score (nSPS) is 26.8. The average molecular weight is 241 g/mol. The Bertz CT molecular complexity index is 128. The van der Waals surface area contributed by atoms with Gasteiger partial charge in [0.15, 0.2) is 0 Å². The van der Waals surface area contributed by atoms with Gasteiger partial charge in [0.25, 0.3) is 0 Å². The summed E-state index contributed by atoms with van der Waals surface area (Å²) >= 11 is 2.28. The predicted molar refractivity (Wildman–Crippen MR) is 42.0 cm³/mol. The summed E-state index contributed by atoms with van der Waals surface area (Å²) < 4.78 is 0.527. The summed E-state index contributed by atoms with van der Waals surface area (Å²) in [5, 5.41) is 8.45. The van der Waals surface area contributed by atoms with Crippen molar-refractivity contribution >= 4 is 28.7 Å². The van der Waals surface area contributed by atoms with Crippen molar-refractivity contribution in [1.82, 2.24) is 4.90 Å². The maximum absolute atomic E-state index is 10.3. The van der Waals surface area contributed by atoms with Gasteiger partial charge in [-0.15, -0.1) is 0 Å². The lowest BCUT2D eigenvalue weighted by atomic mass is 10.4. The van der Waals surface area contributed by atoms with Crippen LogP contribution in [0.25, 0.3) is 0 Å². The van der Waals surface area contributed by atoms with Crippen LogP contribution in [0.4, 0.5) is 4.79 Å². The van der Waals surface area contributed by atoms with Crippen molar-refractivity contribution in [3.05, 3.63) is 0 Å². The van der Waals surface area contributed by atoms with Crippen LogP contribution in [0.3, 0.4) is 0 Å². The van der Waals surface area contributed by atoms with E-state index in [1.165, 1.54) is 4.90 Å². The van der Waals surface area contributed by atoms with Gasteiger partial charge in [0.05, 0.1) is 0 Å². The maximum atomic E-state index is 10.3. The van der Waals surface area contributed by atoms with Crippen molar-refractivity contribution in [2.24, 2.45) is 0 Å². The monoisotopic (exact) mass is 241 g/mol. The fraction of sp³-hybridized carbons (Fsp3) is 0.800. The largest absolute Gasteiger partial charge is 0.465 e. The van der Waals surface area contributed by atoms with Gasteiger partial charge in [0, 0.05) is 17.0 Å². The van der Waals surface area contributed by atoms with E-state index in [0.717, 1.165) is 6.42 Å². The minimum absolute atomic E-state index is 0.527. The third kappa shape index (κ3) is 1.70. The van der Waals surface area contributed by atoms with Crippen LogP contribution in [0.2, 0.25) is 0 Å². The Hall–Kier alpha value is 0. The standard InChI is InChI=1S/C5H8INO2/c6-4-1-2-7(3-4)5(8)9/h4H,1-3H2,(H,8,9). The van der Waals surface area contributed by atoms with E-state index in [-0.39, 0.29) is 0 Å². The first-order valence-corrected chi connectivity index (χ1v) is 4.06. The lowest BCUT2D eigenvalue weighted by Gasteiger charge is -2.08. The van der Waals surface area contributed by atoms with Gasteiger partial charge in [-0.2, -0.15) is 0 Å². The lowest BCUT2D eigenvalue weighted by molar-refractivity contribution is 0.156. The van der Waals surface area contributed by atoms with Gasteiger partial charge in [-0.1, -0.05) is 22.6 Å². The molecular weight excluding hydrogens is 233 g/mol. The Labute approximate surface area is 67.2 Å². The third-order valence-electron chi connectivity index (χ3n) is 1.40. The molecule has 0 aliphatic carbocycles. The summed E-state index contributed by atoms with van der Waals surface area (Å²) in [6, 6.07) is 0. The van der Waals surface area contributed by atoms with Crippen molar-refractivity contribution < 1.29 is 9.90 Å². The van der Waals surface area contributed by atoms with Crippen molar-refractivity contribution in [1.29, 1.82) is 0 Å². The average Bonchev–Trinajstić information content (AvgIpc) is 2.14. The fourth-order valence-corrected chi connectivity index (χ4v) is 1.65. The van der Waals surface area contributed by atoms with Crippen LogP contribution in [-0.4, -0.2) is 33.1 Å². The minimum Gasteiger partial charge on any atom is -0.465 e. The molecule has 0 aromatic carbocycles. The molecule has 3 nitrogen and oxygen atoms in total. The van der Waals surface area contributed by atoms with Gasteiger partial charge in [-0.3, -0.25) is 0 Å². The van der Waals surface area contributed by atoms with E-state index >= 15 is 0 Å². The molecule has 1 fully saturated rings. The maximum Gasteiger partial charge on any atom is 0.407 e. The van der Waals surface area contributed by atoms with Crippen molar-refractivity contribution in [2.75, 3.05) is 13.1 Å². The Balaban J connectivity index is 2.39. The second-order valence-corrected chi connectivity index (χ2v) is 3.88. The molecule has 1 aliphatic heterocycles. The van der Waals surface area contributed by atoms with E-state index in [1.807, 2.05) is 0 Å². The Kier molecular flexibility index (Phi) is 2.15. The Morgan fingerprint density at radius 1 is 1.78 bits per heavy atom. The summed E-state index contributed by atoms with van der Waals surface area (Å²) in [7, 11) is 0. The molecule has 4 heteroatoms. The highest BCUT2D eigenvalue weighted by Crippen LogP contribution is 2.16. The van der Waals surface area contributed by atoms with E-state index in [4.69, 9.17) is 5.11 Å². The number of amides is 1. The molecule has 0 aromatic rings. The van der Waals surface area contributed by atoms with Crippen LogP contribution >= 0.6 is 22.6 Å². The highest BCUT2D eigenvalue weighted by Gasteiger charge is 2.22. The number of nitrogens with zero attached hydrogens (tertiary/aromatic N) is 1. The summed E-state index contributed by atoms with van der Waals surface area (Å²) in [5.41, 5.74) is 0. The molecular formula is C5H8INO2. The zero-order valence-electron chi connectivity index (χ0n) is 4.88. The lowest BCUT2D eigenvalue weighted by Crippen LogP contribution is -2.26. The third-order valence-corrected chi connectivity index (χ3v) is 2.42. The molecule has 9 heavy (non-hydrogen) atoms. The molecule has 1 aliphatic rings. The zero-order chi connectivity index (χ0) is 6.85. The second-order valence-electron chi connectivity index (χ2n) is 2.11. The molecule has 1 N–H and O–H groups in total. The predicted octanol–water partition coefficient (Wildman–Crippen LogP) is 1.17. The Morgan fingerprint density at radius 2 is 2.44 bits per heavy atom. The van der Waals surface area contributed by atoms with Crippen LogP contribution in [0.1, 0.15) is 6.42 Å². The zero-order valence-corrected chi connectivity index (χ0v) is 7.04. The van der Waals surface area contributed by atoms with Crippen molar-refractivity contribution in [2.45, 2.75) is 10.3 Å². The summed E-state index contributed by atoms with van der Waals surface area (Å²) in [5.74, 6) is 0. The SMILES string of the molecule is O=C(O)N1CCC(I)C1. The van der Waals surface area contributed by atoms with E-state index in [9.17, 15) is 4.79 Å². The van der Waals surface area contributed by atoms with Gasteiger partial charge < -0.3 is 10.0 Å². The van der Waals surface area contributed by atoms with E-state index < -0.39 is 6.09 Å². The van der Waals surface area contributed by atoms with Gasteiger partial charge in [0.2, 0.25) is 0 Å². The first-order valence-electron chi connectivity index (χ1n) is 2.82. The van der Waals surface area contributed by atoms with Gasteiger partial charge in [0.1, 0.15) is 0 Å². The second kappa shape index (κ2) is 2.72. The molecule has 0 aromatic heterocycles. The number of hydrogen-bond acceptors (Lipinski definition) is 1. The number of likely N-dealkylation sites (tertiary alicyclic amines) is 1. The summed E-state index contributed by atoms with van der Waals surface area (Å²) in [4.78, 5) is 11.7. The highest BCUT2D eigenvalue weighted by atomic mass is 127. The molecule has 1 unspecified atom stereocenters. The fourth-order valence-electron chi connectivity index (χ4n) is 0.891. The molecule has 1 amide bonds. The van der Waals surface area contributed by atoms with Crippen LogP contribution in [0.5, 0.6) is 0 Å². The molecule has 0 saturated carbocycles. The molecule has 1 saturated heterocycles. The first kappa shape index (κ1) is 7.11. The van der Waals surface area contributed by atoms with Crippen molar-refractivity contribution in [3.8, 4) is 0 Å². The molecule has 52 valence electrons. The number of alkyl halides is 1. The first-order chi connectivity index (χ1) is 4.20. The number of carboxylic acid groups (broad SMARTS) is 1. The van der Waals surface area contributed by atoms with Crippen LogP contribution in [-0.2, 0) is 0 Å². The van der Waals surface area contributed by atoms with E-state index in [1.54, 1.807) is 0 Å². The summed E-state index contributed by atoms with van der Waals surface area (Å²) in [6.07, 6.45) is 0.224. The quantitative estimate of drug-likeness (QED) is 0.511. The smallest absolute Gasteiger partial charge is 0.407 e. The van der Waals surface area contributed by atoms with Gasteiger partial charge in [-0.25, -0.2) is 4.79 Å². The van der Waals surface area contributed by atoms with Crippen molar-refractivity contribution in [3.63, 3.8) is 0 Å². The van der Waals surface area contributed by atoms with Crippen LogP contribution in [0.15, 0.2) is 0 Å². The Morgan fingerprint density at radius 3 is 2.67 bits per heavy atom. The molecule has 0 bridgehead atoms. The van der Waals surface area contributed by atoms with Gasteiger partial charge in [-0.05, 0) is 6.42 Å². The molecule has 1 atom stereocenters. The van der Waals surface area contributed by atoms with Crippen LogP contribution < -0.4 is 0 Å². The summed E-state index contributed by atoms with van der Waals surface area (Å²) in [6.45, 7) is 1.42. The molecule has 1 heterocycles. The molecule has 0 spiro atoms. The molecule has 1 rings (SSSR count). The highest BCUT2D eigenvalue weighted by molar-refractivity contribution is 14.1. The van der Waals surface area contributed by atoms with E-state index in [0.29, 0.717) is 17.0 Å².